The van der Waals surface area contributed by atoms with Gasteiger partial charge in [-0.15, -0.1) is 0 Å². The lowest BCUT2D eigenvalue weighted by Gasteiger charge is -2.26. The first kappa shape index (κ1) is 17.4. The van der Waals surface area contributed by atoms with Crippen LogP contribution in [0, 0.1) is 0 Å². The lowest BCUT2D eigenvalue weighted by atomic mass is 10.1. The molecule has 1 aromatic rings. The maximum absolute atomic E-state index is 12.6. The number of carboxylic acid groups (broad SMARTS) is 1. The second kappa shape index (κ2) is 6.67. The van der Waals surface area contributed by atoms with Crippen LogP contribution in [0.15, 0.2) is 29.2 Å². The molecule has 0 radical (unpaired) electrons. The Morgan fingerprint density at radius 2 is 1.87 bits per heavy atom. The summed E-state index contributed by atoms with van der Waals surface area (Å²) in [5.41, 5.74) is 0.278. The molecular weight excluding hydrogens is 320 g/mol. The SMILES string of the molecule is CCNS(=O)(=O)c1ccc(C(=O)N(C2CC2)C(C)C(=O)O)cc1. The fraction of sp³-hybridized carbons (Fsp3) is 0.467. The van der Waals surface area contributed by atoms with Crippen LogP contribution in [-0.4, -0.2) is 48.9 Å². The smallest absolute Gasteiger partial charge is 0.326 e. The number of carbonyl (C=O) groups is 2. The van der Waals surface area contributed by atoms with Crippen LogP contribution in [0.3, 0.4) is 0 Å². The number of aliphatic carboxylic acids is 1. The summed E-state index contributed by atoms with van der Waals surface area (Å²) in [6.45, 7) is 3.42. The first-order valence-electron chi connectivity index (χ1n) is 7.43. The third-order valence-electron chi connectivity index (χ3n) is 3.70. The van der Waals surface area contributed by atoms with E-state index in [0.29, 0.717) is 0 Å². The third kappa shape index (κ3) is 3.89. The molecule has 1 atom stereocenters. The van der Waals surface area contributed by atoms with E-state index in [1.807, 2.05) is 0 Å². The van der Waals surface area contributed by atoms with Crippen molar-refractivity contribution in [3.8, 4) is 0 Å². The van der Waals surface area contributed by atoms with Crippen molar-refractivity contribution < 1.29 is 23.1 Å². The van der Waals surface area contributed by atoms with Crippen molar-refractivity contribution in [2.24, 2.45) is 0 Å². The number of rotatable bonds is 7. The van der Waals surface area contributed by atoms with Gasteiger partial charge in [0.2, 0.25) is 10.0 Å². The quantitative estimate of drug-likeness (QED) is 0.772. The molecule has 0 heterocycles. The normalized spacial score (nSPS) is 15.9. The molecular formula is C15H20N2O5S. The van der Waals surface area contributed by atoms with E-state index in [4.69, 9.17) is 5.11 Å². The number of amides is 1. The Kier molecular flexibility index (Phi) is 5.06. The molecule has 1 saturated carbocycles. The number of sulfonamides is 1. The average Bonchev–Trinajstić information content (AvgIpc) is 3.32. The van der Waals surface area contributed by atoms with E-state index in [2.05, 4.69) is 4.72 Å². The molecule has 1 fully saturated rings. The Hall–Kier alpha value is -1.93. The fourth-order valence-electron chi connectivity index (χ4n) is 2.33. The Morgan fingerprint density at radius 1 is 1.30 bits per heavy atom. The van der Waals surface area contributed by atoms with Crippen LogP contribution in [0.2, 0.25) is 0 Å². The van der Waals surface area contributed by atoms with Crippen molar-refractivity contribution >= 4 is 21.9 Å². The number of nitrogens with one attached hydrogen (secondary N) is 1. The topological polar surface area (TPSA) is 104 Å². The first-order chi connectivity index (χ1) is 10.8. The maximum atomic E-state index is 12.6. The molecule has 8 heteroatoms. The highest BCUT2D eigenvalue weighted by Crippen LogP contribution is 2.30. The lowest BCUT2D eigenvalue weighted by molar-refractivity contribution is -0.141. The molecule has 0 saturated heterocycles. The molecule has 7 nitrogen and oxygen atoms in total. The number of nitrogens with zero attached hydrogens (tertiary/aromatic N) is 1. The number of hydrogen-bond donors (Lipinski definition) is 2. The van der Waals surface area contributed by atoms with E-state index in [1.54, 1.807) is 6.92 Å². The van der Waals surface area contributed by atoms with Crippen LogP contribution < -0.4 is 4.72 Å². The van der Waals surface area contributed by atoms with Gasteiger partial charge in [-0.2, -0.15) is 0 Å². The highest BCUT2D eigenvalue weighted by Gasteiger charge is 2.38. The van der Waals surface area contributed by atoms with E-state index in [1.165, 1.54) is 36.1 Å². The highest BCUT2D eigenvalue weighted by atomic mass is 32.2. The van der Waals surface area contributed by atoms with Crippen LogP contribution in [0.1, 0.15) is 37.0 Å². The molecule has 0 aliphatic heterocycles. The Labute approximate surface area is 135 Å². The van der Waals surface area contributed by atoms with Gasteiger partial charge in [-0.05, 0) is 44.0 Å². The van der Waals surface area contributed by atoms with Gasteiger partial charge in [0, 0.05) is 18.2 Å². The van der Waals surface area contributed by atoms with E-state index in [-0.39, 0.29) is 23.0 Å². The summed E-state index contributed by atoms with van der Waals surface area (Å²) >= 11 is 0. The van der Waals surface area contributed by atoms with Gasteiger partial charge in [-0.25, -0.2) is 17.9 Å². The Balaban J connectivity index is 2.24. The van der Waals surface area contributed by atoms with Crippen LogP contribution in [0.5, 0.6) is 0 Å². The van der Waals surface area contributed by atoms with Gasteiger partial charge in [-0.3, -0.25) is 4.79 Å². The molecule has 0 aromatic heterocycles. The van der Waals surface area contributed by atoms with Crippen molar-refractivity contribution in [3.05, 3.63) is 29.8 Å². The van der Waals surface area contributed by atoms with Crippen molar-refractivity contribution in [2.75, 3.05) is 6.54 Å². The van der Waals surface area contributed by atoms with Crippen molar-refractivity contribution in [1.29, 1.82) is 0 Å². The third-order valence-corrected chi connectivity index (χ3v) is 5.26. The molecule has 0 spiro atoms. The van der Waals surface area contributed by atoms with Gasteiger partial charge in [0.05, 0.1) is 4.90 Å². The molecule has 1 aromatic carbocycles. The van der Waals surface area contributed by atoms with Gasteiger partial charge in [0.25, 0.3) is 5.91 Å². The monoisotopic (exact) mass is 340 g/mol. The van der Waals surface area contributed by atoms with E-state index in [9.17, 15) is 18.0 Å². The average molecular weight is 340 g/mol. The van der Waals surface area contributed by atoms with Crippen LogP contribution in [-0.2, 0) is 14.8 Å². The summed E-state index contributed by atoms with van der Waals surface area (Å²) in [5, 5.41) is 9.15. The Morgan fingerprint density at radius 3 is 2.30 bits per heavy atom. The molecule has 2 N–H and O–H groups in total. The van der Waals surface area contributed by atoms with Gasteiger partial charge in [-0.1, -0.05) is 6.92 Å². The van der Waals surface area contributed by atoms with Crippen molar-refractivity contribution in [2.45, 2.75) is 43.7 Å². The number of carboxylic acids is 1. The minimum absolute atomic E-state index is 0.0567. The second-order valence-electron chi connectivity index (χ2n) is 5.48. The van der Waals surface area contributed by atoms with Gasteiger partial charge in [0.1, 0.15) is 6.04 Å². The summed E-state index contributed by atoms with van der Waals surface area (Å²) in [5.74, 6) is -1.45. The number of carbonyl (C=O) groups excluding carboxylic acids is 1. The summed E-state index contributed by atoms with van der Waals surface area (Å²) in [7, 11) is -3.58. The van der Waals surface area contributed by atoms with Gasteiger partial charge < -0.3 is 10.0 Å². The van der Waals surface area contributed by atoms with Gasteiger partial charge in [0.15, 0.2) is 0 Å². The van der Waals surface area contributed by atoms with Gasteiger partial charge >= 0.3 is 5.97 Å². The zero-order valence-corrected chi connectivity index (χ0v) is 13.8. The molecule has 126 valence electrons. The minimum atomic E-state index is -3.58. The molecule has 1 aliphatic rings. The highest BCUT2D eigenvalue weighted by molar-refractivity contribution is 7.89. The predicted octanol–water partition coefficient (Wildman–Crippen LogP) is 1.06. The number of benzene rings is 1. The number of hydrogen-bond acceptors (Lipinski definition) is 4. The van der Waals surface area contributed by atoms with Crippen LogP contribution >= 0.6 is 0 Å². The molecule has 23 heavy (non-hydrogen) atoms. The molecule has 1 amide bonds. The molecule has 0 bridgehead atoms. The summed E-state index contributed by atoms with van der Waals surface area (Å²) in [4.78, 5) is 25.2. The first-order valence-corrected chi connectivity index (χ1v) is 8.91. The summed E-state index contributed by atoms with van der Waals surface area (Å²) in [6, 6.07) is 4.55. The Bertz CT molecular complexity index is 695. The fourth-order valence-corrected chi connectivity index (χ4v) is 3.37. The second-order valence-corrected chi connectivity index (χ2v) is 7.25. The zero-order chi connectivity index (χ0) is 17.2. The molecule has 1 unspecified atom stereocenters. The zero-order valence-electron chi connectivity index (χ0n) is 13.0. The van der Waals surface area contributed by atoms with Crippen LogP contribution in [0.25, 0.3) is 0 Å². The summed E-state index contributed by atoms with van der Waals surface area (Å²) < 4.78 is 26.1. The lowest BCUT2D eigenvalue weighted by Crippen LogP contribution is -2.44. The van der Waals surface area contributed by atoms with Crippen molar-refractivity contribution in [3.63, 3.8) is 0 Å². The van der Waals surface area contributed by atoms with Crippen molar-refractivity contribution in [1.82, 2.24) is 9.62 Å². The maximum Gasteiger partial charge on any atom is 0.326 e. The molecule has 2 rings (SSSR count). The largest absolute Gasteiger partial charge is 0.480 e. The van der Waals surface area contributed by atoms with E-state index >= 15 is 0 Å². The van der Waals surface area contributed by atoms with E-state index in [0.717, 1.165) is 12.8 Å². The standard InChI is InChI=1S/C15H20N2O5S/c1-3-16-23(21,22)13-8-4-11(5-9-13)14(18)17(12-6-7-12)10(2)15(19)20/h4-5,8-10,12,16H,3,6-7H2,1-2H3,(H,19,20). The van der Waals surface area contributed by atoms with E-state index < -0.39 is 27.9 Å². The minimum Gasteiger partial charge on any atom is -0.480 e. The molecule has 1 aliphatic carbocycles. The summed E-state index contributed by atoms with van der Waals surface area (Å²) in [6.07, 6.45) is 1.58. The predicted molar refractivity (Wildman–Crippen MR) is 83.6 cm³/mol. The van der Waals surface area contributed by atoms with Crippen LogP contribution in [0.4, 0.5) is 0 Å².